The number of carbonyl (C=O) groups excluding carboxylic acids is 2. The smallest absolute Gasteiger partial charge is 0.186 e. The van der Waals surface area contributed by atoms with Gasteiger partial charge >= 0.3 is 0 Å². The summed E-state index contributed by atoms with van der Waals surface area (Å²) in [5, 5.41) is 17.3. The third-order valence-electron chi connectivity index (χ3n) is 8.12. The highest BCUT2D eigenvalue weighted by Crippen LogP contribution is 2.40. The van der Waals surface area contributed by atoms with E-state index in [9.17, 15) is 9.59 Å². The molecule has 2 aromatic carbocycles. The van der Waals surface area contributed by atoms with Crippen molar-refractivity contribution in [1.82, 2.24) is 0 Å². The zero-order chi connectivity index (χ0) is 36.4. The van der Waals surface area contributed by atoms with Crippen LogP contribution in [0.25, 0.3) is 0 Å². The number of ketones is 2. The maximum Gasteiger partial charge on any atom is 0.186 e. The zero-order valence-electron chi connectivity index (χ0n) is 31.1. The molecule has 0 fully saturated rings. The Labute approximate surface area is 292 Å². The highest BCUT2D eigenvalue weighted by Gasteiger charge is 2.35. The van der Waals surface area contributed by atoms with Gasteiger partial charge in [0.25, 0.3) is 0 Å². The van der Waals surface area contributed by atoms with Crippen LogP contribution in [0.15, 0.2) is 139 Å². The van der Waals surface area contributed by atoms with Gasteiger partial charge in [-0.2, -0.15) is 20.5 Å². The quantitative estimate of drug-likeness (QED) is 0.289. The second-order valence-corrected chi connectivity index (χ2v) is 16.7. The number of rotatable bonds is 6. The van der Waals surface area contributed by atoms with Crippen LogP contribution < -0.4 is 4.74 Å². The minimum absolute atomic E-state index is 0.0930. The summed E-state index contributed by atoms with van der Waals surface area (Å²) in [7, 11) is 0. The number of azo groups is 2. The van der Waals surface area contributed by atoms with Gasteiger partial charge in [-0.3, -0.25) is 9.59 Å². The first-order valence-corrected chi connectivity index (χ1v) is 16.7. The molecule has 0 bridgehead atoms. The van der Waals surface area contributed by atoms with Crippen molar-refractivity contribution in [3.63, 3.8) is 0 Å². The van der Waals surface area contributed by atoms with Gasteiger partial charge in [0.15, 0.2) is 11.6 Å². The summed E-state index contributed by atoms with van der Waals surface area (Å²) in [6.45, 7) is 24.6. The molecule has 0 saturated carbocycles. The van der Waals surface area contributed by atoms with Gasteiger partial charge < -0.3 is 4.74 Å². The van der Waals surface area contributed by atoms with E-state index in [1.54, 1.807) is 12.4 Å². The SMILES string of the molecule is CC(C)(C)C1=CC(=CN=Nc2ccc(Oc3ccc(/N=N/C=C4C=C(C(C)(C)C)C(=O)C(C(C)(C)C)=C4)cc3)cc2)C=C(C(C)(C)C)C1=O. The lowest BCUT2D eigenvalue weighted by Gasteiger charge is -2.31. The van der Waals surface area contributed by atoms with Crippen LogP contribution in [0, 0.1) is 21.7 Å². The summed E-state index contributed by atoms with van der Waals surface area (Å²) < 4.78 is 6.02. The molecule has 0 unspecified atom stereocenters. The molecule has 256 valence electrons. The largest absolute Gasteiger partial charge is 0.457 e. The van der Waals surface area contributed by atoms with Gasteiger partial charge in [0.05, 0.1) is 23.8 Å². The van der Waals surface area contributed by atoms with Gasteiger partial charge in [-0.15, -0.1) is 0 Å². The third kappa shape index (κ3) is 9.65. The molecule has 0 atom stereocenters. The van der Waals surface area contributed by atoms with E-state index in [2.05, 4.69) is 20.5 Å². The van der Waals surface area contributed by atoms with Crippen LogP contribution in [0.5, 0.6) is 11.5 Å². The lowest BCUT2D eigenvalue weighted by Crippen LogP contribution is -2.27. The first-order chi connectivity index (χ1) is 22.6. The molecule has 2 aliphatic rings. The Morgan fingerprint density at radius 2 is 0.714 bits per heavy atom. The van der Waals surface area contributed by atoms with Gasteiger partial charge in [0.2, 0.25) is 0 Å². The predicted molar refractivity (Wildman–Crippen MR) is 198 cm³/mol. The Hall–Kier alpha value is -4.78. The molecule has 2 aliphatic carbocycles. The predicted octanol–water partition coefficient (Wildman–Crippen LogP) is 12.5. The Morgan fingerprint density at radius 3 is 0.959 bits per heavy atom. The lowest BCUT2D eigenvalue weighted by atomic mass is 9.72. The molecule has 4 rings (SSSR count). The van der Waals surface area contributed by atoms with Crippen LogP contribution in [0.3, 0.4) is 0 Å². The number of benzene rings is 2. The van der Waals surface area contributed by atoms with E-state index >= 15 is 0 Å². The summed E-state index contributed by atoms with van der Waals surface area (Å²) in [5.74, 6) is 1.51. The average molecular weight is 659 g/mol. The van der Waals surface area contributed by atoms with Gasteiger partial charge in [0.1, 0.15) is 11.5 Å². The third-order valence-corrected chi connectivity index (χ3v) is 8.12. The maximum absolute atomic E-state index is 13.2. The zero-order valence-corrected chi connectivity index (χ0v) is 31.1. The van der Waals surface area contributed by atoms with Gasteiger partial charge in [0, 0.05) is 22.3 Å². The van der Waals surface area contributed by atoms with Crippen molar-refractivity contribution in [1.29, 1.82) is 0 Å². The van der Waals surface area contributed by atoms with Gasteiger partial charge in [-0.05, 0) is 106 Å². The standard InChI is InChI=1S/C42H50N4O3/c1-39(2,3)33-21-27(22-34(37(33)47)40(4,5)6)25-43-45-29-13-17-31(18-14-29)49-32-19-15-30(16-20-32)46-44-26-28-23-35(41(7,8)9)38(48)36(24-28)42(10,11)12/h13-26H,1-12H3/b45-43+,46-44?. The highest BCUT2D eigenvalue weighted by atomic mass is 16.5. The molecule has 0 amide bonds. The van der Waals surface area contributed by atoms with E-state index in [-0.39, 0.29) is 33.2 Å². The van der Waals surface area contributed by atoms with Crippen molar-refractivity contribution in [3.05, 3.63) is 119 Å². The number of ether oxygens (including phenoxy) is 1. The molecular weight excluding hydrogens is 608 g/mol. The molecule has 2 aromatic rings. The molecule has 0 radical (unpaired) electrons. The van der Waals surface area contributed by atoms with E-state index in [4.69, 9.17) is 4.74 Å². The summed E-state index contributed by atoms with van der Waals surface area (Å²) in [6, 6.07) is 14.7. The van der Waals surface area contributed by atoms with Crippen molar-refractivity contribution in [2.75, 3.05) is 0 Å². The van der Waals surface area contributed by atoms with Crippen molar-refractivity contribution in [3.8, 4) is 11.5 Å². The number of Topliss-reactive ketones (excluding diaryl/α,β-unsaturated/α-hetero) is 2. The second-order valence-electron chi connectivity index (χ2n) is 16.7. The summed E-state index contributed by atoms with van der Waals surface area (Å²) in [4.78, 5) is 26.3. The molecule has 49 heavy (non-hydrogen) atoms. The van der Waals surface area contributed by atoms with E-state index in [0.29, 0.717) is 22.9 Å². The van der Waals surface area contributed by atoms with E-state index in [1.165, 1.54) is 0 Å². The minimum atomic E-state index is -0.280. The summed E-state index contributed by atoms with van der Waals surface area (Å²) >= 11 is 0. The van der Waals surface area contributed by atoms with Crippen LogP contribution in [-0.2, 0) is 9.59 Å². The molecule has 0 N–H and O–H groups in total. The molecule has 0 saturated heterocycles. The number of carbonyl (C=O) groups is 2. The first kappa shape index (κ1) is 37.0. The van der Waals surface area contributed by atoms with Crippen molar-refractivity contribution >= 4 is 22.9 Å². The number of allylic oxidation sites excluding steroid dienone is 10. The number of hydrogen-bond acceptors (Lipinski definition) is 7. The Kier molecular flexibility index (Phi) is 10.6. The van der Waals surface area contributed by atoms with Gasteiger partial charge in [-0.1, -0.05) is 83.1 Å². The minimum Gasteiger partial charge on any atom is -0.457 e. The normalized spacial score (nSPS) is 16.5. The maximum atomic E-state index is 13.2. The fourth-order valence-electron chi connectivity index (χ4n) is 5.30. The Balaban J connectivity index is 1.42. The van der Waals surface area contributed by atoms with E-state index in [1.807, 2.05) is 156 Å². The van der Waals surface area contributed by atoms with Crippen molar-refractivity contribution in [2.45, 2.75) is 83.1 Å². The second kappa shape index (κ2) is 14.0. The van der Waals surface area contributed by atoms with Crippen molar-refractivity contribution in [2.24, 2.45) is 42.1 Å². The van der Waals surface area contributed by atoms with Crippen LogP contribution in [0.2, 0.25) is 0 Å². The Bertz CT molecular complexity index is 1640. The van der Waals surface area contributed by atoms with Crippen molar-refractivity contribution < 1.29 is 14.3 Å². The highest BCUT2D eigenvalue weighted by molar-refractivity contribution is 6.12. The Morgan fingerprint density at radius 1 is 0.449 bits per heavy atom. The van der Waals surface area contributed by atoms with E-state index in [0.717, 1.165) is 33.4 Å². The van der Waals surface area contributed by atoms with Crippen LogP contribution in [0.4, 0.5) is 11.4 Å². The number of nitrogens with zero attached hydrogens (tertiary/aromatic N) is 4. The summed E-state index contributed by atoms with van der Waals surface area (Å²) in [6.07, 6.45) is 11.0. The molecular formula is C42H50N4O3. The van der Waals surface area contributed by atoms with Crippen LogP contribution >= 0.6 is 0 Å². The molecule has 7 heteroatoms. The fraction of sp³-hybridized carbons (Fsp3) is 0.381. The molecule has 7 nitrogen and oxygen atoms in total. The van der Waals surface area contributed by atoms with Gasteiger partial charge in [-0.25, -0.2) is 0 Å². The average Bonchev–Trinajstić information content (AvgIpc) is 2.98. The first-order valence-electron chi connectivity index (χ1n) is 16.7. The molecule has 0 spiro atoms. The molecule has 0 heterocycles. The topological polar surface area (TPSA) is 92.8 Å². The fourth-order valence-corrected chi connectivity index (χ4v) is 5.30. The van der Waals surface area contributed by atoms with Crippen LogP contribution in [0.1, 0.15) is 83.1 Å². The van der Waals surface area contributed by atoms with Crippen LogP contribution in [-0.4, -0.2) is 11.6 Å². The molecule has 0 aliphatic heterocycles. The lowest BCUT2D eigenvalue weighted by molar-refractivity contribution is -0.114. The number of hydrogen-bond donors (Lipinski definition) is 0. The van der Waals surface area contributed by atoms with E-state index < -0.39 is 0 Å². The molecule has 0 aromatic heterocycles. The summed E-state index contributed by atoms with van der Waals surface area (Å²) in [5.41, 5.74) is 5.02. The monoisotopic (exact) mass is 658 g/mol.